The number of aryl methyl sites for hydroxylation is 3. The van der Waals surface area contributed by atoms with Gasteiger partial charge in [-0.1, -0.05) is 68.3 Å². The average Bonchev–Trinajstić information content (AvgIpc) is 3.41. The van der Waals surface area contributed by atoms with E-state index in [0.717, 1.165) is 12.3 Å². The van der Waals surface area contributed by atoms with Crippen molar-refractivity contribution in [3.05, 3.63) is 113 Å². The molecule has 0 bridgehead atoms. The SMILES string of the molecule is [2H]C([2H])([2H])c1ccc(-c2c(C#N)ccc3c2oc2c(-c4cc(C([2H])(C([2H])([2H])[2H])C([2H])([2H])[2H])c(F)c[n+]4C)c(C)ccc23)cc1-c1ccccc1. The van der Waals surface area contributed by atoms with Crippen molar-refractivity contribution < 1.29 is 27.1 Å². The maximum Gasteiger partial charge on any atom is 0.216 e. The number of nitriles is 1. The number of fused-ring (bicyclic) bond motifs is 3. The van der Waals surface area contributed by atoms with Crippen LogP contribution in [0.15, 0.2) is 89.5 Å². The van der Waals surface area contributed by atoms with E-state index in [1.165, 1.54) is 17.7 Å². The van der Waals surface area contributed by atoms with Crippen LogP contribution in [0.4, 0.5) is 4.39 Å². The molecule has 196 valence electrons. The number of hydrogen-bond acceptors (Lipinski definition) is 2. The Bertz CT molecular complexity index is 2340. The zero-order valence-corrected chi connectivity index (χ0v) is 21.8. The molecule has 0 spiro atoms. The molecule has 0 unspecified atom stereocenters. The van der Waals surface area contributed by atoms with Gasteiger partial charge in [0.25, 0.3) is 0 Å². The molecular formula is C36H30FN2O+. The van der Waals surface area contributed by atoms with Crippen molar-refractivity contribution in [1.29, 1.82) is 5.26 Å². The molecule has 0 amide bonds. The maximum atomic E-state index is 15.5. The number of benzene rings is 4. The highest BCUT2D eigenvalue weighted by molar-refractivity contribution is 6.14. The highest BCUT2D eigenvalue weighted by atomic mass is 19.1. The van der Waals surface area contributed by atoms with Gasteiger partial charge in [-0.25, -0.2) is 4.39 Å². The average molecular weight is 536 g/mol. The van der Waals surface area contributed by atoms with E-state index in [9.17, 15) is 5.26 Å². The van der Waals surface area contributed by atoms with Crippen molar-refractivity contribution in [2.45, 2.75) is 33.4 Å². The minimum Gasteiger partial charge on any atom is -0.454 e. The van der Waals surface area contributed by atoms with Gasteiger partial charge in [0.15, 0.2) is 5.82 Å². The molecule has 6 rings (SSSR count). The minimum absolute atomic E-state index is 0.139. The van der Waals surface area contributed by atoms with Crippen molar-refractivity contribution in [3.8, 4) is 39.6 Å². The summed E-state index contributed by atoms with van der Waals surface area (Å²) in [6.45, 7) is -7.48. The molecule has 0 N–H and O–H groups in total. The van der Waals surface area contributed by atoms with Crippen molar-refractivity contribution >= 4 is 21.9 Å². The van der Waals surface area contributed by atoms with Gasteiger partial charge in [-0.3, -0.25) is 0 Å². The molecule has 0 saturated heterocycles. The summed E-state index contributed by atoms with van der Waals surface area (Å²) in [6.07, 6.45) is 0.948. The smallest absolute Gasteiger partial charge is 0.216 e. The summed E-state index contributed by atoms with van der Waals surface area (Å²) in [7, 11) is 1.51. The van der Waals surface area contributed by atoms with E-state index in [-0.39, 0.29) is 16.8 Å². The lowest BCUT2D eigenvalue weighted by atomic mass is 9.92. The summed E-state index contributed by atoms with van der Waals surface area (Å²) in [6, 6.07) is 24.2. The third-order valence-corrected chi connectivity index (χ3v) is 7.28. The van der Waals surface area contributed by atoms with Gasteiger partial charge in [-0.15, -0.1) is 0 Å². The quantitative estimate of drug-likeness (QED) is 0.211. The second kappa shape index (κ2) is 9.77. The van der Waals surface area contributed by atoms with E-state index in [1.54, 1.807) is 61.5 Å². The summed E-state index contributed by atoms with van der Waals surface area (Å²) in [5, 5.41) is 11.4. The molecule has 6 aromatic rings. The van der Waals surface area contributed by atoms with Crippen LogP contribution in [0.3, 0.4) is 0 Å². The lowest BCUT2D eigenvalue weighted by molar-refractivity contribution is -0.662. The molecule has 0 atom stereocenters. The molecule has 0 aliphatic rings. The Hall–Kier alpha value is -4.75. The Balaban J connectivity index is 1.67. The standard InChI is InChI=1S/C36H30FN2O/c1-21(2)29-18-32(39(5)20-31(29)37)33-23(4)12-15-27-28-16-14-26(19-38)34(36(28)40-35(27)33)25-13-11-22(3)30(17-25)24-9-7-6-8-10-24/h6-18,20-21H,1-5H3/q+1/i1D3,2D3,3D3,21D. The minimum atomic E-state index is -3.41. The summed E-state index contributed by atoms with van der Waals surface area (Å²) in [5.41, 5.74) is 3.50. The lowest BCUT2D eigenvalue weighted by Crippen LogP contribution is -2.32. The second-order valence-electron chi connectivity index (χ2n) is 9.75. The van der Waals surface area contributed by atoms with Gasteiger partial charge in [-0.05, 0) is 65.7 Å². The number of hydrogen-bond donors (Lipinski definition) is 0. The van der Waals surface area contributed by atoms with E-state index in [1.807, 2.05) is 12.1 Å². The van der Waals surface area contributed by atoms with Crippen LogP contribution in [0.2, 0.25) is 0 Å². The van der Waals surface area contributed by atoms with Crippen LogP contribution >= 0.6 is 0 Å². The van der Waals surface area contributed by atoms with E-state index < -0.39 is 37.8 Å². The fourth-order valence-corrected chi connectivity index (χ4v) is 5.31. The van der Waals surface area contributed by atoms with Crippen molar-refractivity contribution in [3.63, 3.8) is 0 Å². The van der Waals surface area contributed by atoms with Crippen LogP contribution in [0.1, 0.15) is 55.6 Å². The van der Waals surface area contributed by atoms with Crippen LogP contribution in [0.5, 0.6) is 0 Å². The van der Waals surface area contributed by atoms with Gasteiger partial charge in [-0.2, -0.15) is 9.83 Å². The largest absolute Gasteiger partial charge is 0.454 e. The molecule has 0 aliphatic heterocycles. The highest BCUT2D eigenvalue weighted by Gasteiger charge is 2.25. The number of rotatable bonds is 4. The highest BCUT2D eigenvalue weighted by Crippen LogP contribution is 2.43. The van der Waals surface area contributed by atoms with Crippen LogP contribution in [-0.4, -0.2) is 0 Å². The second-order valence-corrected chi connectivity index (χ2v) is 9.75. The molecule has 4 heteroatoms. The van der Waals surface area contributed by atoms with E-state index in [0.29, 0.717) is 55.3 Å². The van der Waals surface area contributed by atoms with Crippen LogP contribution < -0.4 is 4.57 Å². The third kappa shape index (κ3) is 4.06. The van der Waals surface area contributed by atoms with Gasteiger partial charge >= 0.3 is 0 Å². The summed E-state index contributed by atoms with van der Waals surface area (Å²) >= 11 is 0. The lowest BCUT2D eigenvalue weighted by Gasteiger charge is -2.11. The normalized spacial score (nSPS) is 16.4. The summed E-state index contributed by atoms with van der Waals surface area (Å²) in [5.74, 6) is -4.45. The molecule has 4 aromatic carbocycles. The molecule has 0 aliphatic carbocycles. The monoisotopic (exact) mass is 535 g/mol. The topological polar surface area (TPSA) is 40.8 Å². The Kier molecular flexibility index (Phi) is 4.00. The fourth-order valence-electron chi connectivity index (χ4n) is 5.31. The van der Waals surface area contributed by atoms with Gasteiger partial charge in [0, 0.05) is 41.7 Å². The zero-order valence-electron chi connectivity index (χ0n) is 31.8. The molecular weight excluding hydrogens is 495 g/mol. The molecule has 0 fully saturated rings. The maximum absolute atomic E-state index is 15.5. The zero-order chi connectivity index (χ0) is 36.6. The molecule has 2 aromatic heterocycles. The first kappa shape index (κ1) is 16.4. The Morgan fingerprint density at radius 3 is 2.35 bits per heavy atom. The van der Waals surface area contributed by atoms with Gasteiger partial charge in [0.2, 0.25) is 11.9 Å². The number of pyridine rings is 1. The third-order valence-electron chi connectivity index (χ3n) is 7.28. The number of halogens is 1. The van der Waals surface area contributed by atoms with Crippen LogP contribution in [0.25, 0.3) is 55.4 Å². The first-order valence-corrected chi connectivity index (χ1v) is 12.6. The van der Waals surface area contributed by atoms with E-state index >= 15 is 4.39 Å². The van der Waals surface area contributed by atoms with E-state index in [4.69, 9.17) is 18.1 Å². The summed E-state index contributed by atoms with van der Waals surface area (Å²) in [4.78, 5) is 0. The molecule has 2 heterocycles. The number of furan rings is 1. The predicted molar refractivity (Wildman–Crippen MR) is 159 cm³/mol. The van der Waals surface area contributed by atoms with Crippen molar-refractivity contribution in [2.24, 2.45) is 7.05 Å². The molecule has 3 nitrogen and oxygen atoms in total. The van der Waals surface area contributed by atoms with Crippen LogP contribution in [0, 0.1) is 30.9 Å². The first-order valence-electron chi connectivity index (χ1n) is 17.6. The molecule has 0 radical (unpaired) electrons. The van der Waals surface area contributed by atoms with Crippen LogP contribution in [-0.2, 0) is 7.05 Å². The molecule has 40 heavy (non-hydrogen) atoms. The van der Waals surface area contributed by atoms with E-state index in [2.05, 4.69) is 6.07 Å². The van der Waals surface area contributed by atoms with Gasteiger partial charge < -0.3 is 4.42 Å². The Morgan fingerprint density at radius 1 is 0.900 bits per heavy atom. The van der Waals surface area contributed by atoms with Gasteiger partial charge in [0.05, 0.1) is 17.2 Å². The van der Waals surface area contributed by atoms with Gasteiger partial charge in [0.1, 0.15) is 18.2 Å². The number of aromatic nitrogens is 1. The van der Waals surface area contributed by atoms with Crippen molar-refractivity contribution in [1.82, 2.24) is 0 Å². The fraction of sp³-hybridized carbons (Fsp3) is 0.167. The van der Waals surface area contributed by atoms with Crippen molar-refractivity contribution in [2.75, 3.05) is 0 Å². The summed E-state index contributed by atoms with van der Waals surface area (Å²) < 4.78 is 104. The molecule has 0 saturated carbocycles. The Morgan fingerprint density at radius 2 is 1.62 bits per heavy atom. The Labute approximate surface area is 247 Å². The predicted octanol–water partition coefficient (Wildman–Crippen LogP) is 9.16. The first-order chi connectivity index (χ1) is 23.3. The number of nitrogens with zero attached hydrogens (tertiary/aromatic N) is 2.